The Morgan fingerprint density at radius 3 is 2.07 bits per heavy atom. The molecule has 0 unspecified atom stereocenters. The van der Waals surface area contributed by atoms with Gasteiger partial charge in [0.25, 0.3) is 0 Å². The first kappa shape index (κ1) is 15.2. The smallest absolute Gasteiger partial charge is 0.245 e. The standard InChI is InChI=1S/C11H23NOS2/c1-4-7-9-12(10-8-5-2)13-11(14)15-6-3/h4-10H2,1-3H3. The van der Waals surface area contributed by atoms with E-state index in [4.69, 9.17) is 17.1 Å². The van der Waals surface area contributed by atoms with Crippen LogP contribution in [0.4, 0.5) is 0 Å². The van der Waals surface area contributed by atoms with Crippen molar-refractivity contribution < 1.29 is 4.84 Å². The number of thioether (sulfide) groups is 1. The van der Waals surface area contributed by atoms with E-state index in [1.165, 1.54) is 25.7 Å². The predicted octanol–water partition coefficient (Wildman–Crippen LogP) is 3.86. The van der Waals surface area contributed by atoms with Gasteiger partial charge in [0.15, 0.2) is 0 Å². The van der Waals surface area contributed by atoms with Crippen LogP contribution in [0, 0.1) is 0 Å². The molecule has 0 aliphatic heterocycles. The summed E-state index contributed by atoms with van der Waals surface area (Å²) in [4.78, 5) is 5.62. The van der Waals surface area contributed by atoms with Crippen LogP contribution in [0.5, 0.6) is 0 Å². The van der Waals surface area contributed by atoms with Crippen LogP contribution >= 0.6 is 24.0 Å². The summed E-state index contributed by atoms with van der Waals surface area (Å²) < 4.78 is 0.657. The van der Waals surface area contributed by atoms with Gasteiger partial charge in [0.1, 0.15) is 0 Å². The predicted molar refractivity (Wildman–Crippen MR) is 73.2 cm³/mol. The van der Waals surface area contributed by atoms with E-state index < -0.39 is 0 Å². The molecule has 0 atom stereocenters. The van der Waals surface area contributed by atoms with Gasteiger partial charge in [-0.2, -0.15) is 0 Å². The summed E-state index contributed by atoms with van der Waals surface area (Å²) in [5, 5.41) is 2.01. The Hall–Kier alpha value is 0.200. The number of hydroxylamine groups is 2. The zero-order valence-electron chi connectivity index (χ0n) is 10.1. The largest absolute Gasteiger partial charge is 0.387 e. The average molecular weight is 249 g/mol. The Labute approximate surface area is 104 Å². The van der Waals surface area contributed by atoms with Crippen molar-refractivity contribution in [3.8, 4) is 0 Å². The minimum absolute atomic E-state index is 0.657. The van der Waals surface area contributed by atoms with Gasteiger partial charge in [-0.3, -0.25) is 0 Å². The lowest BCUT2D eigenvalue weighted by molar-refractivity contribution is -0.0671. The SMILES string of the molecule is CCCCN(CCCC)OC(=S)SCC. The molecule has 0 N–H and O–H groups in total. The molecular weight excluding hydrogens is 226 g/mol. The van der Waals surface area contributed by atoms with Crippen LogP contribution in [0.15, 0.2) is 0 Å². The molecule has 0 bridgehead atoms. The molecule has 0 spiro atoms. The highest BCUT2D eigenvalue weighted by Gasteiger charge is 2.07. The molecule has 0 aliphatic carbocycles. The maximum Gasteiger partial charge on any atom is 0.245 e. The third kappa shape index (κ3) is 9.15. The molecule has 2 nitrogen and oxygen atoms in total. The third-order valence-corrected chi connectivity index (χ3v) is 3.01. The Kier molecular flexibility index (Phi) is 10.9. The molecule has 0 radical (unpaired) electrons. The van der Waals surface area contributed by atoms with E-state index in [2.05, 4.69) is 20.8 Å². The first-order valence-corrected chi connectivity index (χ1v) is 7.23. The van der Waals surface area contributed by atoms with E-state index in [-0.39, 0.29) is 0 Å². The zero-order valence-corrected chi connectivity index (χ0v) is 11.8. The molecule has 0 rings (SSSR count). The lowest BCUT2D eigenvalue weighted by Gasteiger charge is -2.21. The number of nitrogens with zero attached hydrogens (tertiary/aromatic N) is 1. The third-order valence-electron chi connectivity index (χ3n) is 1.99. The molecule has 0 aromatic heterocycles. The second kappa shape index (κ2) is 10.7. The number of thiocarbonyl (C=S) groups is 1. The molecule has 0 heterocycles. The molecule has 15 heavy (non-hydrogen) atoms. The van der Waals surface area contributed by atoms with Crippen molar-refractivity contribution in [2.45, 2.75) is 46.5 Å². The summed E-state index contributed by atoms with van der Waals surface area (Å²) in [6.45, 7) is 8.44. The van der Waals surface area contributed by atoms with Gasteiger partial charge in [-0.25, -0.2) is 0 Å². The topological polar surface area (TPSA) is 12.5 Å². The van der Waals surface area contributed by atoms with Gasteiger partial charge in [-0.15, -0.1) is 5.06 Å². The number of rotatable bonds is 8. The van der Waals surface area contributed by atoms with Crippen molar-refractivity contribution in [3.63, 3.8) is 0 Å². The highest BCUT2D eigenvalue weighted by molar-refractivity contribution is 8.22. The second-order valence-corrected chi connectivity index (χ2v) is 5.28. The molecule has 0 aromatic rings. The minimum atomic E-state index is 0.657. The number of hydrogen-bond acceptors (Lipinski definition) is 4. The second-order valence-electron chi connectivity index (χ2n) is 3.41. The fraction of sp³-hybridized carbons (Fsp3) is 0.909. The minimum Gasteiger partial charge on any atom is -0.387 e. The summed E-state index contributed by atoms with van der Waals surface area (Å²) in [7, 11) is 0. The van der Waals surface area contributed by atoms with Crippen LogP contribution in [0.1, 0.15) is 46.5 Å². The Balaban J connectivity index is 3.82. The lowest BCUT2D eigenvalue weighted by atomic mass is 10.3. The maximum atomic E-state index is 5.62. The molecule has 0 saturated carbocycles. The summed E-state index contributed by atoms with van der Waals surface area (Å²) in [5.41, 5.74) is 0. The van der Waals surface area contributed by atoms with Crippen molar-refractivity contribution >= 4 is 28.4 Å². The summed E-state index contributed by atoms with van der Waals surface area (Å²) >= 11 is 6.72. The van der Waals surface area contributed by atoms with Crippen molar-refractivity contribution in [3.05, 3.63) is 0 Å². The summed E-state index contributed by atoms with van der Waals surface area (Å²) in [6, 6.07) is 0. The van der Waals surface area contributed by atoms with Gasteiger partial charge < -0.3 is 4.84 Å². The number of hydrogen-bond donors (Lipinski definition) is 0. The lowest BCUT2D eigenvalue weighted by Crippen LogP contribution is -2.28. The highest BCUT2D eigenvalue weighted by Crippen LogP contribution is 2.09. The monoisotopic (exact) mass is 249 g/mol. The highest BCUT2D eigenvalue weighted by atomic mass is 32.2. The summed E-state index contributed by atoms with van der Waals surface area (Å²) in [5.74, 6) is 0.980. The van der Waals surface area contributed by atoms with Crippen LogP contribution in [-0.4, -0.2) is 28.3 Å². The fourth-order valence-electron chi connectivity index (χ4n) is 1.12. The van der Waals surface area contributed by atoms with Crippen molar-refractivity contribution in [2.75, 3.05) is 18.8 Å². The molecule has 0 fully saturated rings. The van der Waals surface area contributed by atoms with Gasteiger partial charge in [-0.1, -0.05) is 45.4 Å². The van der Waals surface area contributed by atoms with Crippen molar-refractivity contribution in [1.82, 2.24) is 5.06 Å². The fourth-order valence-corrected chi connectivity index (χ4v) is 1.97. The van der Waals surface area contributed by atoms with Crippen LogP contribution in [0.3, 0.4) is 0 Å². The molecule has 0 aromatic carbocycles. The normalized spacial score (nSPS) is 10.7. The van der Waals surface area contributed by atoms with E-state index in [1.54, 1.807) is 11.8 Å². The van der Waals surface area contributed by atoms with Crippen LogP contribution < -0.4 is 0 Å². The van der Waals surface area contributed by atoms with E-state index >= 15 is 0 Å². The van der Waals surface area contributed by atoms with Gasteiger partial charge in [0.05, 0.1) is 0 Å². The van der Waals surface area contributed by atoms with Gasteiger partial charge in [0, 0.05) is 13.1 Å². The molecule has 0 saturated heterocycles. The van der Waals surface area contributed by atoms with E-state index in [0.717, 1.165) is 18.8 Å². The molecular formula is C11H23NOS2. The quantitative estimate of drug-likeness (QED) is 0.478. The van der Waals surface area contributed by atoms with Gasteiger partial charge in [0.2, 0.25) is 4.38 Å². The van der Waals surface area contributed by atoms with Gasteiger partial charge >= 0.3 is 0 Å². The summed E-state index contributed by atoms with van der Waals surface area (Å²) in [6.07, 6.45) is 4.73. The Bertz CT molecular complexity index is 157. The van der Waals surface area contributed by atoms with Crippen LogP contribution in [0.25, 0.3) is 0 Å². The van der Waals surface area contributed by atoms with Crippen LogP contribution in [0.2, 0.25) is 0 Å². The zero-order chi connectivity index (χ0) is 11.5. The molecule has 0 aliphatic rings. The average Bonchev–Trinajstić information content (AvgIpc) is 2.22. The first-order chi connectivity index (χ1) is 7.24. The Morgan fingerprint density at radius 1 is 1.13 bits per heavy atom. The Morgan fingerprint density at radius 2 is 1.67 bits per heavy atom. The molecule has 90 valence electrons. The maximum absolute atomic E-state index is 5.62. The van der Waals surface area contributed by atoms with Gasteiger partial charge in [-0.05, 0) is 30.8 Å². The van der Waals surface area contributed by atoms with Crippen LogP contribution in [-0.2, 0) is 4.84 Å². The number of unbranched alkanes of at least 4 members (excludes halogenated alkanes) is 2. The first-order valence-electron chi connectivity index (χ1n) is 5.84. The molecule has 0 amide bonds. The van der Waals surface area contributed by atoms with E-state index in [9.17, 15) is 0 Å². The van der Waals surface area contributed by atoms with Crippen molar-refractivity contribution in [1.29, 1.82) is 0 Å². The van der Waals surface area contributed by atoms with Crippen molar-refractivity contribution in [2.24, 2.45) is 0 Å². The molecule has 4 heteroatoms. The van der Waals surface area contributed by atoms with E-state index in [1.807, 2.05) is 5.06 Å². The van der Waals surface area contributed by atoms with E-state index in [0.29, 0.717) is 4.38 Å².